The number of anilines is 1. The summed E-state index contributed by atoms with van der Waals surface area (Å²) in [6.07, 6.45) is 5.32. The number of hydrogen-bond donors (Lipinski definition) is 2. The lowest BCUT2D eigenvalue weighted by atomic mass is 9.72. The topological polar surface area (TPSA) is 67.2 Å². The molecule has 104 valence electrons. The molecule has 19 heavy (non-hydrogen) atoms. The Bertz CT molecular complexity index is 483. The number of rotatable bonds is 4. The fraction of sp³-hybridized carbons (Fsp3) is 0.714. The van der Waals surface area contributed by atoms with E-state index in [1.165, 1.54) is 12.8 Å². The molecule has 1 aromatic rings. The molecule has 0 aliphatic heterocycles. The van der Waals surface area contributed by atoms with Crippen LogP contribution in [0.2, 0.25) is 0 Å². The molecular weight excluding hydrogens is 242 g/mol. The third-order valence-electron chi connectivity index (χ3n) is 4.35. The highest BCUT2D eigenvalue weighted by Gasteiger charge is 2.42. The van der Waals surface area contributed by atoms with E-state index in [-0.39, 0.29) is 11.8 Å². The molecule has 3 rings (SSSR count). The summed E-state index contributed by atoms with van der Waals surface area (Å²) in [4.78, 5) is 12.1. The maximum atomic E-state index is 12.1. The normalized spacial score (nSPS) is 31.6. The first kappa shape index (κ1) is 12.7. The second kappa shape index (κ2) is 4.34. The van der Waals surface area contributed by atoms with Crippen LogP contribution in [0.3, 0.4) is 0 Å². The van der Waals surface area contributed by atoms with Crippen molar-refractivity contribution in [1.29, 1.82) is 0 Å². The molecule has 1 aromatic heterocycles. The second-order valence-corrected chi connectivity index (χ2v) is 6.33. The summed E-state index contributed by atoms with van der Waals surface area (Å²) in [5, 5.41) is 16.9. The molecule has 1 atom stereocenters. The van der Waals surface area contributed by atoms with Crippen LogP contribution in [0.5, 0.6) is 0 Å². The monoisotopic (exact) mass is 263 g/mol. The molecule has 0 radical (unpaired) electrons. The maximum Gasteiger partial charge on any atom is 0.228 e. The number of nitrogens with one attached hydrogen (secondary N) is 1. The first-order chi connectivity index (χ1) is 8.96. The number of carbonyl (C=O) groups is 1. The Labute approximate surface area is 113 Å². The molecule has 2 saturated carbocycles. The summed E-state index contributed by atoms with van der Waals surface area (Å²) in [5.74, 6) is 1.39. The van der Waals surface area contributed by atoms with Gasteiger partial charge in [-0.15, -0.1) is 0 Å². The predicted molar refractivity (Wildman–Crippen MR) is 71.6 cm³/mol. The van der Waals surface area contributed by atoms with Crippen LogP contribution < -0.4 is 5.32 Å². The average Bonchev–Trinajstić information content (AvgIpc) is 3.06. The number of aliphatic hydroxyl groups is 1. The van der Waals surface area contributed by atoms with Gasteiger partial charge < -0.3 is 10.4 Å². The minimum atomic E-state index is -0.663. The summed E-state index contributed by atoms with van der Waals surface area (Å²) < 4.78 is 1.91. The van der Waals surface area contributed by atoms with Gasteiger partial charge in [0.2, 0.25) is 5.91 Å². The van der Waals surface area contributed by atoms with Crippen LogP contribution >= 0.6 is 0 Å². The van der Waals surface area contributed by atoms with Gasteiger partial charge in [0, 0.05) is 12.0 Å². The summed E-state index contributed by atoms with van der Waals surface area (Å²) in [6, 6.07) is 2.18. The number of aromatic nitrogens is 2. The standard InChI is InChI=1S/C14H21N3O2/c1-9(10-3-4-10)17-12(5-6-15-17)16-13(18)11-7-14(2,19)8-11/h5-6,9-11,19H,3-4,7-8H2,1-2H3,(H,16,18). The van der Waals surface area contributed by atoms with E-state index in [2.05, 4.69) is 17.3 Å². The van der Waals surface area contributed by atoms with E-state index in [4.69, 9.17) is 0 Å². The Hall–Kier alpha value is -1.36. The molecule has 1 amide bonds. The summed E-state index contributed by atoms with van der Waals surface area (Å²) in [5.41, 5.74) is -0.663. The van der Waals surface area contributed by atoms with Crippen molar-refractivity contribution < 1.29 is 9.90 Å². The van der Waals surface area contributed by atoms with Crippen LogP contribution in [-0.4, -0.2) is 26.4 Å². The van der Waals surface area contributed by atoms with Crippen LogP contribution in [0.25, 0.3) is 0 Å². The van der Waals surface area contributed by atoms with Crippen LogP contribution in [0.15, 0.2) is 12.3 Å². The largest absolute Gasteiger partial charge is 0.390 e. The van der Waals surface area contributed by atoms with Gasteiger partial charge in [-0.1, -0.05) is 0 Å². The van der Waals surface area contributed by atoms with Crippen LogP contribution in [0.1, 0.15) is 45.6 Å². The van der Waals surface area contributed by atoms with E-state index < -0.39 is 5.60 Å². The highest BCUT2D eigenvalue weighted by atomic mass is 16.3. The number of amides is 1. The van der Waals surface area contributed by atoms with Crippen molar-refractivity contribution in [1.82, 2.24) is 9.78 Å². The van der Waals surface area contributed by atoms with Crippen LogP contribution in [0, 0.1) is 11.8 Å². The number of nitrogens with zero attached hydrogens (tertiary/aromatic N) is 2. The van der Waals surface area contributed by atoms with Gasteiger partial charge in [-0.3, -0.25) is 4.79 Å². The Morgan fingerprint density at radius 1 is 1.58 bits per heavy atom. The third-order valence-corrected chi connectivity index (χ3v) is 4.35. The molecule has 5 nitrogen and oxygen atoms in total. The zero-order valence-electron chi connectivity index (χ0n) is 11.5. The molecule has 0 aromatic carbocycles. The summed E-state index contributed by atoms with van der Waals surface area (Å²) in [7, 11) is 0. The Morgan fingerprint density at radius 3 is 2.84 bits per heavy atom. The molecule has 0 saturated heterocycles. The van der Waals surface area contributed by atoms with E-state index in [1.807, 2.05) is 10.7 Å². The molecule has 2 aliphatic carbocycles. The SMILES string of the molecule is CC(C1CC1)n1nccc1NC(=O)C1CC(C)(O)C1. The van der Waals surface area contributed by atoms with Crippen molar-refractivity contribution in [3.05, 3.63) is 12.3 Å². The molecule has 0 spiro atoms. The lowest BCUT2D eigenvalue weighted by molar-refractivity contribution is -0.133. The minimum Gasteiger partial charge on any atom is -0.390 e. The molecule has 2 aliphatic rings. The fourth-order valence-electron chi connectivity index (χ4n) is 2.93. The van der Waals surface area contributed by atoms with E-state index in [0.717, 1.165) is 5.82 Å². The van der Waals surface area contributed by atoms with Gasteiger partial charge in [-0.05, 0) is 45.4 Å². The minimum absolute atomic E-state index is 0.00345. The van der Waals surface area contributed by atoms with Gasteiger partial charge in [0.15, 0.2) is 0 Å². The Morgan fingerprint density at radius 2 is 2.26 bits per heavy atom. The quantitative estimate of drug-likeness (QED) is 0.872. The summed E-state index contributed by atoms with van der Waals surface area (Å²) >= 11 is 0. The highest BCUT2D eigenvalue weighted by Crippen LogP contribution is 2.41. The Kier molecular flexibility index (Phi) is 2.89. The number of carbonyl (C=O) groups excluding carboxylic acids is 1. The van der Waals surface area contributed by atoms with E-state index in [1.54, 1.807) is 13.1 Å². The summed E-state index contributed by atoms with van der Waals surface area (Å²) in [6.45, 7) is 3.92. The second-order valence-electron chi connectivity index (χ2n) is 6.33. The van der Waals surface area contributed by atoms with Gasteiger partial charge in [-0.25, -0.2) is 4.68 Å². The lowest BCUT2D eigenvalue weighted by Gasteiger charge is -2.39. The predicted octanol–water partition coefficient (Wildman–Crippen LogP) is 1.95. The lowest BCUT2D eigenvalue weighted by Crippen LogP contribution is -2.46. The molecule has 0 bridgehead atoms. The van der Waals surface area contributed by atoms with Gasteiger partial charge in [0.05, 0.1) is 17.8 Å². The highest BCUT2D eigenvalue weighted by molar-refractivity contribution is 5.92. The van der Waals surface area contributed by atoms with Gasteiger partial charge in [-0.2, -0.15) is 5.10 Å². The zero-order chi connectivity index (χ0) is 13.6. The molecular formula is C14H21N3O2. The first-order valence-electron chi connectivity index (χ1n) is 7.03. The maximum absolute atomic E-state index is 12.1. The van der Waals surface area contributed by atoms with Crippen molar-refractivity contribution in [2.45, 2.75) is 51.2 Å². The van der Waals surface area contributed by atoms with Gasteiger partial charge in [0.25, 0.3) is 0 Å². The van der Waals surface area contributed by atoms with Crippen molar-refractivity contribution in [2.24, 2.45) is 11.8 Å². The smallest absolute Gasteiger partial charge is 0.228 e. The van der Waals surface area contributed by atoms with Crippen molar-refractivity contribution in [3.8, 4) is 0 Å². The average molecular weight is 263 g/mol. The van der Waals surface area contributed by atoms with Crippen LogP contribution in [-0.2, 0) is 4.79 Å². The Balaban J connectivity index is 1.64. The van der Waals surface area contributed by atoms with Crippen molar-refractivity contribution in [2.75, 3.05) is 5.32 Å². The van der Waals surface area contributed by atoms with Gasteiger partial charge >= 0.3 is 0 Å². The molecule has 1 heterocycles. The zero-order valence-corrected chi connectivity index (χ0v) is 11.5. The van der Waals surface area contributed by atoms with Crippen LogP contribution in [0.4, 0.5) is 5.82 Å². The van der Waals surface area contributed by atoms with E-state index >= 15 is 0 Å². The number of hydrogen-bond acceptors (Lipinski definition) is 3. The fourth-order valence-corrected chi connectivity index (χ4v) is 2.93. The molecule has 2 fully saturated rings. The molecule has 2 N–H and O–H groups in total. The third kappa shape index (κ3) is 2.52. The van der Waals surface area contributed by atoms with Gasteiger partial charge in [0.1, 0.15) is 5.82 Å². The van der Waals surface area contributed by atoms with E-state index in [9.17, 15) is 9.90 Å². The molecule has 5 heteroatoms. The van der Waals surface area contributed by atoms with E-state index in [0.29, 0.717) is 24.8 Å². The van der Waals surface area contributed by atoms with Crippen molar-refractivity contribution >= 4 is 11.7 Å². The first-order valence-corrected chi connectivity index (χ1v) is 7.03. The molecule has 1 unspecified atom stereocenters. The van der Waals surface area contributed by atoms with Crippen molar-refractivity contribution in [3.63, 3.8) is 0 Å².